The molecule has 0 aliphatic heterocycles. The normalized spacial score (nSPS) is 10.9. The lowest BCUT2D eigenvalue weighted by atomic mass is 10.0. The Bertz CT molecular complexity index is 1190. The monoisotopic (exact) mass is 451 g/mol. The first-order valence-electron chi connectivity index (χ1n) is 10.1. The molecule has 4 aromatic rings. The van der Waals surface area contributed by atoms with Gasteiger partial charge in [-0.1, -0.05) is 77.8 Å². The summed E-state index contributed by atoms with van der Waals surface area (Å²) < 4.78 is 11.7. The third-order valence-corrected chi connectivity index (χ3v) is 5.92. The van der Waals surface area contributed by atoms with E-state index in [1.807, 2.05) is 42.5 Å². The molecule has 4 aromatic carbocycles. The van der Waals surface area contributed by atoms with Crippen molar-refractivity contribution in [2.24, 2.45) is 0 Å². The molecule has 0 heterocycles. The van der Waals surface area contributed by atoms with Crippen LogP contribution in [0.25, 0.3) is 10.8 Å². The molecule has 0 aliphatic carbocycles. The molecule has 0 saturated carbocycles. The quantitative estimate of drug-likeness (QED) is 0.312. The minimum absolute atomic E-state index is 0.411. The molecule has 0 radical (unpaired) electrons. The first kappa shape index (κ1) is 21.5. The van der Waals surface area contributed by atoms with E-state index in [2.05, 4.69) is 35.6 Å². The van der Waals surface area contributed by atoms with Crippen LogP contribution < -0.4 is 14.8 Å². The van der Waals surface area contributed by atoms with Gasteiger partial charge in [-0.2, -0.15) is 0 Å². The molecule has 0 bridgehead atoms. The molecule has 4 rings (SSSR count). The molecule has 0 unspecified atom stereocenters. The van der Waals surface area contributed by atoms with Gasteiger partial charge in [-0.3, -0.25) is 0 Å². The van der Waals surface area contributed by atoms with E-state index in [1.54, 1.807) is 13.2 Å². The molecule has 3 nitrogen and oxygen atoms in total. The van der Waals surface area contributed by atoms with E-state index in [0.29, 0.717) is 29.7 Å². The Balaban J connectivity index is 1.55. The lowest BCUT2D eigenvalue weighted by Gasteiger charge is -2.16. The molecule has 0 amide bonds. The second-order valence-corrected chi connectivity index (χ2v) is 8.03. The maximum absolute atomic E-state index is 6.21. The molecule has 0 saturated heterocycles. The maximum atomic E-state index is 6.21. The van der Waals surface area contributed by atoms with Crippen LogP contribution in [0.4, 0.5) is 0 Å². The summed E-state index contributed by atoms with van der Waals surface area (Å²) in [6.07, 6.45) is 0. The minimum atomic E-state index is 0.411. The van der Waals surface area contributed by atoms with Gasteiger partial charge >= 0.3 is 0 Å². The highest BCUT2D eigenvalue weighted by atomic mass is 35.5. The van der Waals surface area contributed by atoms with Crippen LogP contribution in [-0.4, -0.2) is 7.11 Å². The van der Waals surface area contributed by atoms with E-state index >= 15 is 0 Å². The van der Waals surface area contributed by atoms with Gasteiger partial charge in [-0.05, 0) is 40.6 Å². The smallest absolute Gasteiger partial charge is 0.124 e. The van der Waals surface area contributed by atoms with Crippen LogP contribution in [-0.2, 0) is 19.7 Å². The van der Waals surface area contributed by atoms with E-state index in [-0.39, 0.29) is 0 Å². The Morgan fingerprint density at radius 1 is 0.774 bits per heavy atom. The van der Waals surface area contributed by atoms with E-state index in [4.69, 9.17) is 32.7 Å². The van der Waals surface area contributed by atoms with E-state index < -0.39 is 0 Å². The lowest BCUT2D eigenvalue weighted by Crippen LogP contribution is -2.14. The average Bonchev–Trinajstić information content (AvgIpc) is 2.80. The van der Waals surface area contributed by atoms with Crippen LogP contribution in [0.1, 0.15) is 16.7 Å². The molecule has 0 fully saturated rings. The lowest BCUT2D eigenvalue weighted by molar-refractivity contribution is 0.302. The predicted molar refractivity (Wildman–Crippen MR) is 128 cm³/mol. The zero-order valence-electron chi connectivity index (χ0n) is 17.2. The number of fused-ring (bicyclic) bond motifs is 1. The van der Waals surface area contributed by atoms with Gasteiger partial charge in [0.1, 0.15) is 18.1 Å². The van der Waals surface area contributed by atoms with Crippen LogP contribution in [0.5, 0.6) is 11.5 Å². The highest BCUT2D eigenvalue weighted by Gasteiger charge is 2.11. The molecule has 0 aromatic heterocycles. The number of benzene rings is 4. The largest absolute Gasteiger partial charge is 0.496 e. The van der Waals surface area contributed by atoms with E-state index in [1.165, 1.54) is 10.8 Å². The zero-order chi connectivity index (χ0) is 21.6. The highest BCUT2D eigenvalue weighted by molar-refractivity contribution is 6.42. The first-order valence-corrected chi connectivity index (χ1v) is 10.8. The van der Waals surface area contributed by atoms with Crippen molar-refractivity contribution >= 4 is 34.0 Å². The van der Waals surface area contributed by atoms with Crippen molar-refractivity contribution in [3.63, 3.8) is 0 Å². The summed E-state index contributed by atoms with van der Waals surface area (Å²) in [4.78, 5) is 0. The summed E-state index contributed by atoms with van der Waals surface area (Å²) in [7, 11) is 1.69. The van der Waals surface area contributed by atoms with Crippen molar-refractivity contribution < 1.29 is 9.47 Å². The van der Waals surface area contributed by atoms with Crippen LogP contribution in [0, 0.1) is 0 Å². The van der Waals surface area contributed by atoms with Crippen molar-refractivity contribution in [2.75, 3.05) is 7.11 Å². The number of methoxy groups -OCH3 is 1. The molecule has 158 valence electrons. The Labute approximate surface area is 192 Å². The Morgan fingerprint density at radius 3 is 2.42 bits per heavy atom. The van der Waals surface area contributed by atoms with Gasteiger partial charge in [0.05, 0.1) is 17.2 Å². The summed E-state index contributed by atoms with van der Waals surface area (Å²) >= 11 is 12.2. The molecule has 0 spiro atoms. The third kappa shape index (κ3) is 5.13. The van der Waals surface area contributed by atoms with Crippen LogP contribution in [0.2, 0.25) is 10.0 Å². The van der Waals surface area contributed by atoms with Crippen molar-refractivity contribution in [1.29, 1.82) is 0 Å². The summed E-state index contributed by atoms with van der Waals surface area (Å²) in [6, 6.07) is 26.0. The number of para-hydroxylation sites is 1. The van der Waals surface area contributed by atoms with Crippen LogP contribution in [0.3, 0.4) is 0 Å². The number of hydrogen-bond donors (Lipinski definition) is 1. The average molecular weight is 452 g/mol. The second kappa shape index (κ2) is 10.1. The predicted octanol–water partition coefficient (Wildman–Crippen LogP) is 7.02. The Morgan fingerprint density at radius 2 is 1.58 bits per heavy atom. The molecule has 0 aliphatic rings. The molecular formula is C26H23Cl2NO2. The summed E-state index contributed by atoms with van der Waals surface area (Å²) in [5, 5.41) is 6.96. The summed E-state index contributed by atoms with van der Waals surface area (Å²) in [5.41, 5.74) is 3.20. The van der Waals surface area contributed by atoms with Gasteiger partial charge in [0.2, 0.25) is 0 Å². The van der Waals surface area contributed by atoms with Gasteiger partial charge < -0.3 is 14.8 Å². The molecule has 0 atom stereocenters. The van der Waals surface area contributed by atoms with Crippen molar-refractivity contribution in [2.45, 2.75) is 19.7 Å². The van der Waals surface area contributed by atoms with Crippen LogP contribution >= 0.6 is 23.2 Å². The fourth-order valence-corrected chi connectivity index (χ4v) is 3.92. The topological polar surface area (TPSA) is 30.5 Å². The minimum Gasteiger partial charge on any atom is -0.496 e. The standard InChI is InChI=1S/C26H23Cl2NO2/c1-30-25-9-5-3-7-20(25)15-29-16-22-21-8-4-2-6-19(21)11-13-26(22)31-17-18-10-12-23(27)24(28)14-18/h2-14,29H,15-17H2,1H3. The zero-order valence-corrected chi connectivity index (χ0v) is 18.7. The van der Waals surface area contributed by atoms with Crippen molar-refractivity contribution in [1.82, 2.24) is 5.32 Å². The fourth-order valence-electron chi connectivity index (χ4n) is 3.60. The highest BCUT2D eigenvalue weighted by Crippen LogP contribution is 2.30. The van der Waals surface area contributed by atoms with E-state index in [0.717, 1.165) is 28.2 Å². The van der Waals surface area contributed by atoms with Crippen LogP contribution in [0.15, 0.2) is 78.9 Å². The number of halogens is 2. The third-order valence-electron chi connectivity index (χ3n) is 5.19. The summed E-state index contributed by atoms with van der Waals surface area (Å²) in [6.45, 7) is 1.77. The van der Waals surface area contributed by atoms with Gasteiger partial charge in [-0.15, -0.1) is 0 Å². The van der Waals surface area contributed by atoms with Crippen molar-refractivity contribution in [3.05, 3.63) is 106 Å². The molecule has 31 heavy (non-hydrogen) atoms. The maximum Gasteiger partial charge on any atom is 0.124 e. The molecular weight excluding hydrogens is 429 g/mol. The van der Waals surface area contributed by atoms with Gasteiger partial charge in [0, 0.05) is 24.2 Å². The van der Waals surface area contributed by atoms with Gasteiger partial charge in [0.15, 0.2) is 0 Å². The number of hydrogen-bond acceptors (Lipinski definition) is 3. The fraction of sp³-hybridized carbons (Fsp3) is 0.154. The number of nitrogens with one attached hydrogen (secondary N) is 1. The Hall–Kier alpha value is -2.72. The van der Waals surface area contributed by atoms with Gasteiger partial charge in [-0.25, -0.2) is 0 Å². The molecule has 5 heteroatoms. The Kier molecular flexibility index (Phi) is 6.98. The SMILES string of the molecule is COc1ccccc1CNCc1c(OCc2ccc(Cl)c(Cl)c2)ccc2ccccc12. The first-order chi connectivity index (χ1) is 15.2. The number of rotatable bonds is 8. The second-order valence-electron chi connectivity index (χ2n) is 7.22. The summed E-state index contributed by atoms with van der Waals surface area (Å²) in [5.74, 6) is 1.72. The number of ether oxygens (including phenoxy) is 2. The van der Waals surface area contributed by atoms with Gasteiger partial charge in [0.25, 0.3) is 0 Å². The molecule has 1 N–H and O–H groups in total. The van der Waals surface area contributed by atoms with Crippen molar-refractivity contribution in [3.8, 4) is 11.5 Å². The van der Waals surface area contributed by atoms with E-state index in [9.17, 15) is 0 Å².